The van der Waals surface area contributed by atoms with E-state index in [1.54, 1.807) is 13.1 Å². The molecule has 1 fully saturated rings. The molecule has 1 saturated carbocycles. The van der Waals surface area contributed by atoms with Gasteiger partial charge in [-0.05, 0) is 55.7 Å². The minimum absolute atomic E-state index is 0. The zero-order valence-corrected chi connectivity index (χ0v) is 20.4. The van der Waals surface area contributed by atoms with Crippen LogP contribution in [0.3, 0.4) is 0 Å². The van der Waals surface area contributed by atoms with Gasteiger partial charge in [0.1, 0.15) is 11.3 Å². The van der Waals surface area contributed by atoms with E-state index in [9.17, 15) is 14.0 Å². The Balaban J connectivity index is 0.00000289. The molecule has 2 aliphatic rings. The molecule has 0 bridgehead atoms. The van der Waals surface area contributed by atoms with Crippen molar-refractivity contribution in [1.29, 1.82) is 0 Å². The van der Waals surface area contributed by atoms with Gasteiger partial charge in [0.15, 0.2) is 11.6 Å². The summed E-state index contributed by atoms with van der Waals surface area (Å²) in [6.45, 7) is 1.05. The lowest BCUT2D eigenvalue weighted by Crippen LogP contribution is -2.34. The van der Waals surface area contributed by atoms with Gasteiger partial charge in [-0.1, -0.05) is 6.07 Å². The highest BCUT2D eigenvalue weighted by Crippen LogP contribution is 2.30. The summed E-state index contributed by atoms with van der Waals surface area (Å²) in [5.74, 6) is 0.560. The molecular weight excluding hydrogens is 473 g/mol. The second kappa shape index (κ2) is 10.7. The van der Waals surface area contributed by atoms with Gasteiger partial charge in [0.2, 0.25) is 5.91 Å². The van der Waals surface area contributed by atoms with Gasteiger partial charge >= 0.3 is 0 Å². The monoisotopic (exact) mass is 501 g/mol. The Morgan fingerprint density at radius 2 is 1.94 bits per heavy atom. The zero-order valence-electron chi connectivity index (χ0n) is 19.6. The van der Waals surface area contributed by atoms with Crippen molar-refractivity contribution >= 4 is 35.2 Å². The van der Waals surface area contributed by atoms with E-state index in [2.05, 4.69) is 20.6 Å². The number of pyridine rings is 3. The average molecular weight is 502 g/mol. The number of nitrogens with zero attached hydrogens (tertiary/aromatic N) is 3. The molecule has 186 valence electrons. The SMILES string of the molecule is Cl.Cn1c(=O)ccc2ncc(F)c(OCC3CCC(NCc4ccc5c(n4)NC(=O)CC5)CC3)c21. The number of aromatic nitrogens is 3. The van der Waals surface area contributed by atoms with Crippen LogP contribution in [0.5, 0.6) is 5.75 Å². The lowest BCUT2D eigenvalue weighted by atomic mass is 9.86. The van der Waals surface area contributed by atoms with Gasteiger partial charge in [0.05, 0.1) is 24.0 Å². The fourth-order valence-electron chi connectivity index (χ4n) is 4.79. The Morgan fingerprint density at radius 3 is 2.74 bits per heavy atom. The van der Waals surface area contributed by atoms with Crippen molar-refractivity contribution in [2.24, 2.45) is 13.0 Å². The molecule has 0 aromatic carbocycles. The van der Waals surface area contributed by atoms with Gasteiger partial charge < -0.3 is 19.9 Å². The number of halogens is 2. The minimum atomic E-state index is -0.558. The van der Waals surface area contributed by atoms with Crippen molar-refractivity contribution in [2.45, 2.75) is 51.1 Å². The fraction of sp³-hybridized carbons (Fsp3) is 0.440. The Hall–Kier alpha value is -3.04. The van der Waals surface area contributed by atoms with E-state index in [0.717, 1.165) is 49.6 Å². The Morgan fingerprint density at radius 1 is 1.14 bits per heavy atom. The summed E-state index contributed by atoms with van der Waals surface area (Å²) in [5, 5.41) is 6.43. The maximum absolute atomic E-state index is 14.5. The van der Waals surface area contributed by atoms with Crippen molar-refractivity contribution in [1.82, 2.24) is 19.9 Å². The average Bonchev–Trinajstić information content (AvgIpc) is 2.85. The van der Waals surface area contributed by atoms with E-state index in [1.807, 2.05) is 12.1 Å². The van der Waals surface area contributed by atoms with E-state index in [-0.39, 0.29) is 29.6 Å². The van der Waals surface area contributed by atoms with E-state index < -0.39 is 5.82 Å². The predicted octanol–water partition coefficient (Wildman–Crippen LogP) is 3.50. The summed E-state index contributed by atoms with van der Waals surface area (Å²) in [5.41, 5.74) is 2.69. The number of carbonyl (C=O) groups excluding carboxylic acids is 1. The van der Waals surface area contributed by atoms with E-state index in [1.165, 1.54) is 10.6 Å². The highest BCUT2D eigenvalue weighted by Gasteiger charge is 2.23. The molecule has 3 aromatic heterocycles. The van der Waals surface area contributed by atoms with Gasteiger partial charge in [0.25, 0.3) is 5.56 Å². The van der Waals surface area contributed by atoms with Gasteiger partial charge in [0, 0.05) is 32.1 Å². The van der Waals surface area contributed by atoms with Crippen molar-refractivity contribution in [3.63, 3.8) is 0 Å². The van der Waals surface area contributed by atoms with E-state index in [0.29, 0.717) is 48.4 Å². The normalized spacial score (nSPS) is 19.5. The molecule has 0 unspecified atom stereocenters. The first-order chi connectivity index (χ1) is 16.5. The van der Waals surface area contributed by atoms with Crippen LogP contribution in [-0.4, -0.2) is 33.1 Å². The topological polar surface area (TPSA) is 98.1 Å². The first-order valence-electron chi connectivity index (χ1n) is 11.8. The smallest absolute Gasteiger partial charge is 0.250 e. The number of hydrogen-bond acceptors (Lipinski definition) is 6. The first kappa shape index (κ1) is 25.1. The highest BCUT2D eigenvalue weighted by atomic mass is 35.5. The molecule has 4 heterocycles. The summed E-state index contributed by atoms with van der Waals surface area (Å²) in [6, 6.07) is 7.45. The molecule has 1 aliphatic heterocycles. The number of aryl methyl sites for hydroxylation is 2. The van der Waals surface area contributed by atoms with E-state index >= 15 is 0 Å². The molecule has 3 aromatic rings. The predicted molar refractivity (Wildman–Crippen MR) is 133 cm³/mol. The quantitative estimate of drug-likeness (QED) is 0.536. The number of fused-ring (bicyclic) bond motifs is 2. The van der Waals surface area contributed by atoms with E-state index in [4.69, 9.17) is 4.74 Å². The van der Waals surface area contributed by atoms with Crippen LogP contribution in [0, 0.1) is 11.7 Å². The molecule has 10 heteroatoms. The van der Waals surface area contributed by atoms with Crippen LogP contribution < -0.4 is 20.9 Å². The van der Waals surface area contributed by atoms with Gasteiger partial charge in [-0.2, -0.15) is 0 Å². The molecular formula is C25H29ClFN5O3. The molecule has 0 spiro atoms. The lowest BCUT2D eigenvalue weighted by Gasteiger charge is -2.29. The summed E-state index contributed by atoms with van der Waals surface area (Å²) in [6.07, 6.45) is 6.32. The standard InChI is InChI=1S/C25H28FN5O3.ClH/c1-31-22(33)11-9-20-23(31)24(19(26)13-28-20)34-14-15-2-6-17(7-3-15)27-12-18-8-4-16-5-10-21(32)30-25(16)29-18;/h4,8-9,11,13,15,17,27H,2-3,5-7,10,12,14H2,1H3,(H,29,30,32);1H. The van der Waals surface area contributed by atoms with Crippen LogP contribution in [0.1, 0.15) is 43.4 Å². The van der Waals surface area contributed by atoms with Crippen LogP contribution in [0.4, 0.5) is 10.2 Å². The number of hydrogen-bond donors (Lipinski definition) is 2. The molecule has 1 amide bonds. The molecule has 1 aliphatic carbocycles. The number of anilines is 1. The fourth-order valence-corrected chi connectivity index (χ4v) is 4.79. The molecule has 5 rings (SSSR count). The van der Waals surface area contributed by atoms with Crippen molar-refractivity contribution in [3.8, 4) is 5.75 Å². The van der Waals surface area contributed by atoms with Gasteiger partial charge in [-0.3, -0.25) is 14.6 Å². The maximum atomic E-state index is 14.5. The van der Waals surface area contributed by atoms with Crippen LogP contribution in [0.2, 0.25) is 0 Å². The van der Waals surface area contributed by atoms with Crippen molar-refractivity contribution in [3.05, 3.63) is 57.9 Å². The summed E-state index contributed by atoms with van der Waals surface area (Å²) in [7, 11) is 1.60. The molecule has 8 nitrogen and oxygen atoms in total. The summed E-state index contributed by atoms with van der Waals surface area (Å²) >= 11 is 0. The first-order valence-corrected chi connectivity index (χ1v) is 11.8. The number of ether oxygens (including phenoxy) is 1. The van der Waals surface area contributed by atoms with Gasteiger partial charge in [-0.25, -0.2) is 9.37 Å². The third-order valence-electron chi connectivity index (χ3n) is 6.84. The van der Waals surface area contributed by atoms with Crippen LogP contribution in [0.15, 0.2) is 35.3 Å². The number of amides is 1. The Labute approximate surface area is 208 Å². The van der Waals surface area contributed by atoms with Crippen molar-refractivity contribution in [2.75, 3.05) is 11.9 Å². The number of carbonyl (C=O) groups is 1. The van der Waals surface area contributed by atoms with Crippen LogP contribution in [-0.2, 0) is 24.8 Å². The Bertz CT molecular complexity index is 1290. The molecule has 35 heavy (non-hydrogen) atoms. The summed E-state index contributed by atoms with van der Waals surface area (Å²) < 4.78 is 21.8. The van der Waals surface area contributed by atoms with Gasteiger partial charge in [-0.15, -0.1) is 12.4 Å². The van der Waals surface area contributed by atoms with Crippen LogP contribution in [0.25, 0.3) is 11.0 Å². The largest absolute Gasteiger partial charge is 0.488 e. The second-order valence-electron chi connectivity index (χ2n) is 9.17. The number of rotatable bonds is 6. The third-order valence-corrected chi connectivity index (χ3v) is 6.84. The van der Waals surface area contributed by atoms with Crippen molar-refractivity contribution < 1.29 is 13.9 Å². The minimum Gasteiger partial charge on any atom is -0.488 e. The lowest BCUT2D eigenvalue weighted by molar-refractivity contribution is -0.116. The molecule has 0 saturated heterocycles. The summed E-state index contributed by atoms with van der Waals surface area (Å²) in [4.78, 5) is 32.3. The maximum Gasteiger partial charge on any atom is 0.250 e. The van der Waals surface area contributed by atoms with Crippen LogP contribution >= 0.6 is 12.4 Å². The molecule has 0 radical (unpaired) electrons. The molecule has 2 N–H and O–H groups in total. The third kappa shape index (κ3) is 5.46. The second-order valence-corrected chi connectivity index (χ2v) is 9.17. The zero-order chi connectivity index (χ0) is 23.7. The molecule has 0 atom stereocenters. The highest BCUT2D eigenvalue weighted by molar-refractivity contribution is 5.92. The number of nitrogens with one attached hydrogen (secondary N) is 2. The Kier molecular flexibility index (Phi) is 7.66.